The molecule has 112 valence electrons. The van der Waals surface area contributed by atoms with E-state index in [1.54, 1.807) is 0 Å². The van der Waals surface area contributed by atoms with E-state index in [0.717, 1.165) is 29.7 Å². The molecule has 3 aromatic rings. The van der Waals surface area contributed by atoms with Crippen molar-refractivity contribution in [1.82, 2.24) is 20.4 Å². The van der Waals surface area contributed by atoms with Gasteiger partial charge in [-0.05, 0) is 12.8 Å². The predicted molar refractivity (Wildman–Crippen MR) is 83.7 cm³/mol. The third kappa shape index (κ3) is 2.11. The van der Waals surface area contributed by atoms with Crippen molar-refractivity contribution in [2.45, 2.75) is 26.2 Å². The minimum Gasteiger partial charge on any atom is -0.419 e. The van der Waals surface area contributed by atoms with E-state index in [4.69, 9.17) is 4.42 Å². The molecule has 1 fully saturated rings. The van der Waals surface area contributed by atoms with Crippen LogP contribution in [0.4, 0.5) is 5.82 Å². The molecule has 0 radical (unpaired) electrons. The molecule has 2 aromatic heterocycles. The lowest BCUT2D eigenvalue weighted by Gasteiger charge is -2.18. The first-order chi connectivity index (χ1) is 10.9. The minimum atomic E-state index is 0.438. The lowest BCUT2D eigenvalue weighted by Crippen LogP contribution is -2.20. The van der Waals surface area contributed by atoms with Gasteiger partial charge in [0.15, 0.2) is 11.5 Å². The summed E-state index contributed by atoms with van der Waals surface area (Å²) in [7, 11) is 0. The number of hydrogen-bond donors (Lipinski definition) is 0. The lowest BCUT2D eigenvalue weighted by molar-refractivity contribution is 0.511. The molecule has 0 bridgehead atoms. The number of nitrogens with zero attached hydrogens (tertiary/aromatic N) is 5. The summed E-state index contributed by atoms with van der Waals surface area (Å²) in [5.74, 6) is 2.00. The van der Waals surface area contributed by atoms with Gasteiger partial charge < -0.3 is 9.32 Å². The number of anilines is 1. The van der Waals surface area contributed by atoms with Crippen LogP contribution in [0.15, 0.2) is 28.7 Å². The van der Waals surface area contributed by atoms with Gasteiger partial charge >= 0.3 is 0 Å². The third-order valence-corrected chi connectivity index (χ3v) is 4.05. The second-order valence-corrected chi connectivity index (χ2v) is 5.47. The van der Waals surface area contributed by atoms with Crippen molar-refractivity contribution in [3.63, 3.8) is 0 Å². The number of aryl methyl sites for hydroxylation is 1. The molecule has 1 aromatic carbocycles. The van der Waals surface area contributed by atoms with E-state index < -0.39 is 0 Å². The van der Waals surface area contributed by atoms with Crippen molar-refractivity contribution >= 4 is 16.6 Å². The first kappa shape index (κ1) is 13.2. The van der Waals surface area contributed by atoms with Crippen LogP contribution in [-0.4, -0.2) is 33.5 Å². The van der Waals surface area contributed by atoms with Crippen LogP contribution in [0.25, 0.3) is 22.4 Å². The molecular weight excluding hydrogens is 278 g/mol. The number of fused-ring (bicyclic) bond motifs is 1. The maximum absolute atomic E-state index is 5.65. The molecule has 0 aliphatic carbocycles. The molecule has 1 aliphatic rings. The molecule has 6 nitrogen and oxygen atoms in total. The van der Waals surface area contributed by atoms with E-state index in [1.165, 1.54) is 12.8 Å². The number of hydrogen-bond acceptors (Lipinski definition) is 6. The molecule has 0 N–H and O–H groups in total. The SMILES string of the molecule is CCc1nnc(-c2nnc(N3CCCC3)c3ccccc23)o1. The van der Waals surface area contributed by atoms with Gasteiger partial charge in [0, 0.05) is 30.3 Å². The summed E-state index contributed by atoms with van der Waals surface area (Å²) in [5.41, 5.74) is 0.658. The van der Waals surface area contributed by atoms with E-state index in [-0.39, 0.29) is 0 Å². The van der Waals surface area contributed by atoms with Crippen LogP contribution in [0.5, 0.6) is 0 Å². The van der Waals surface area contributed by atoms with Crippen molar-refractivity contribution < 1.29 is 4.42 Å². The van der Waals surface area contributed by atoms with Crippen molar-refractivity contribution in [3.05, 3.63) is 30.2 Å². The van der Waals surface area contributed by atoms with E-state index in [2.05, 4.69) is 31.4 Å². The summed E-state index contributed by atoms with van der Waals surface area (Å²) >= 11 is 0. The lowest BCUT2D eigenvalue weighted by atomic mass is 10.1. The molecule has 1 aliphatic heterocycles. The summed E-state index contributed by atoms with van der Waals surface area (Å²) in [6.45, 7) is 4.06. The maximum Gasteiger partial charge on any atom is 0.268 e. The summed E-state index contributed by atoms with van der Waals surface area (Å²) < 4.78 is 5.65. The fourth-order valence-electron chi connectivity index (χ4n) is 2.90. The monoisotopic (exact) mass is 295 g/mol. The standard InChI is InChI=1S/C16H17N5O/c1-2-13-17-20-16(22-13)14-11-7-3-4-8-12(11)15(19-18-14)21-9-5-6-10-21/h3-4,7-8H,2,5-6,9-10H2,1H3. The average molecular weight is 295 g/mol. The van der Waals surface area contributed by atoms with Gasteiger partial charge in [-0.25, -0.2) is 0 Å². The van der Waals surface area contributed by atoms with Crippen LogP contribution < -0.4 is 4.90 Å². The highest BCUT2D eigenvalue weighted by molar-refractivity contribution is 5.99. The largest absolute Gasteiger partial charge is 0.419 e. The highest BCUT2D eigenvalue weighted by Crippen LogP contribution is 2.32. The smallest absolute Gasteiger partial charge is 0.268 e. The Morgan fingerprint density at radius 1 is 1.00 bits per heavy atom. The summed E-state index contributed by atoms with van der Waals surface area (Å²) in [6, 6.07) is 8.14. The zero-order chi connectivity index (χ0) is 14.9. The number of aromatic nitrogens is 4. The van der Waals surface area contributed by atoms with Crippen LogP contribution in [0.1, 0.15) is 25.7 Å². The average Bonchev–Trinajstić information content (AvgIpc) is 3.25. The topological polar surface area (TPSA) is 67.9 Å². The number of benzene rings is 1. The molecule has 0 amide bonds. The Kier molecular flexibility index (Phi) is 3.21. The molecule has 1 saturated heterocycles. The van der Waals surface area contributed by atoms with Crippen molar-refractivity contribution in [3.8, 4) is 11.6 Å². The highest BCUT2D eigenvalue weighted by atomic mass is 16.4. The van der Waals surface area contributed by atoms with Gasteiger partial charge in [-0.3, -0.25) is 0 Å². The van der Waals surface area contributed by atoms with Gasteiger partial charge in [-0.1, -0.05) is 31.2 Å². The van der Waals surface area contributed by atoms with Crippen molar-refractivity contribution in [2.75, 3.05) is 18.0 Å². The van der Waals surface area contributed by atoms with Crippen LogP contribution in [0.3, 0.4) is 0 Å². The molecule has 4 rings (SSSR count). The van der Waals surface area contributed by atoms with Crippen LogP contribution >= 0.6 is 0 Å². The Balaban J connectivity index is 1.88. The first-order valence-electron chi connectivity index (χ1n) is 7.70. The molecule has 0 spiro atoms. The fourth-order valence-corrected chi connectivity index (χ4v) is 2.90. The van der Waals surface area contributed by atoms with E-state index in [9.17, 15) is 0 Å². The Labute approximate surface area is 128 Å². The summed E-state index contributed by atoms with van der Waals surface area (Å²) in [4.78, 5) is 2.30. The van der Waals surface area contributed by atoms with Gasteiger partial charge in [-0.2, -0.15) is 0 Å². The molecule has 3 heterocycles. The summed E-state index contributed by atoms with van der Waals surface area (Å²) in [5, 5.41) is 19.0. The molecular formula is C16H17N5O. The van der Waals surface area contributed by atoms with Crippen LogP contribution in [0.2, 0.25) is 0 Å². The Bertz CT molecular complexity index is 807. The predicted octanol–water partition coefficient (Wildman–Crippen LogP) is 2.84. The normalized spacial score (nSPS) is 14.9. The van der Waals surface area contributed by atoms with Gasteiger partial charge in [0.1, 0.15) is 0 Å². The second kappa shape index (κ2) is 5.36. The third-order valence-electron chi connectivity index (χ3n) is 4.05. The van der Waals surface area contributed by atoms with E-state index >= 15 is 0 Å². The van der Waals surface area contributed by atoms with Gasteiger partial charge in [0.25, 0.3) is 5.89 Å². The van der Waals surface area contributed by atoms with Crippen LogP contribution in [-0.2, 0) is 6.42 Å². The van der Waals surface area contributed by atoms with Crippen molar-refractivity contribution in [2.24, 2.45) is 0 Å². The zero-order valence-corrected chi connectivity index (χ0v) is 12.5. The molecule has 0 atom stereocenters. The maximum atomic E-state index is 5.65. The number of rotatable bonds is 3. The van der Waals surface area contributed by atoms with E-state index in [1.807, 2.05) is 25.1 Å². The van der Waals surface area contributed by atoms with Crippen LogP contribution in [0, 0.1) is 0 Å². The molecule has 0 saturated carbocycles. The molecule has 6 heteroatoms. The Morgan fingerprint density at radius 3 is 2.50 bits per heavy atom. The Morgan fingerprint density at radius 2 is 1.77 bits per heavy atom. The molecule has 0 unspecified atom stereocenters. The van der Waals surface area contributed by atoms with E-state index in [0.29, 0.717) is 23.9 Å². The van der Waals surface area contributed by atoms with Crippen molar-refractivity contribution in [1.29, 1.82) is 0 Å². The summed E-state index contributed by atoms with van der Waals surface area (Å²) in [6.07, 6.45) is 3.13. The fraction of sp³-hybridized carbons (Fsp3) is 0.375. The molecule has 22 heavy (non-hydrogen) atoms. The zero-order valence-electron chi connectivity index (χ0n) is 12.5. The second-order valence-electron chi connectivity index (χ2n) is 5.47. The highest BCUT2D eigenvalue weighted by Gasteiger charge is 2.20. The minimum absolute atomic E-state index is 0.438. The van der Waals surface area contributed by atoms with Gasteiger partial charge in [0.2, 0.25) is 5.89 Å². The van der Waals surface area contributed by atoms with Gasteiger partial charge in [-0.15, -0.1) is 20.4 Å². The Hall–Kier alpha value is -2.50. The van der Waals surface area contributed by atoms with Gasteiger partial charge in [0.05, 0.1) is 0 Å². The quantitative estimate of drug-likeness (QED) is 0.740. The first-order valence-corrected chi connectivity index (χ1v) is 7.70.